The van der Waals surface area contributed by atoms with Crippen molar-refractivity contribution in [3.63, 3.8) is 0 Å². The lowest BCUT2D eigenvalue weighted by atomic mass is 10.1. The molecule has 0 radical (unpaired) electrons. The van der Waals surface area contributed by atoms with Crippen LogP contribution in [0, 0.1) is 0 Å². The molecule has 0 aliphatic rings. The summed E-state index contributed by atoms with van der Waals surface area (Å²) >= 11 is 0. The van der Waals surface area contributed by atoms with Crippen LogP contribution in [0.3, 0.4) is 0 Å². The number of pyridine rings is 1. The number of para-hydroxylation sites is 2. The second kappa shape index (κ2) is 7.72. The van der Waals surface area contributed by atoms with E-state index in [0.717, 1.165) is 35.6 Å². The van der Waals surface area contributed by atoms with Crippen LogP contribution < -0.4 is 11.1 Å². The lowest BCUT2D eigenvalue weighted by Crippen LogP contribution is -2.51. The molecule has 0 aliphatic carbocycles. The Morgan fingerprint density at radius 3 is 2.09 bits per heavy atom. The fraction of sp³-hybridized carbons (Fsp3) is 0.235. The van der Waals surface area contributed by atoms with Gasteiger partial charge in [-0.2, -0.15) is 0 Å². The number of fused-ring (bicyclic) bond motifs is 2. The number of rotatable bonds is 7. The Kier molecular flexibility index (Phi) is 5.43. The van der Waals surface area contributed by atoms with Crippen molar-refractivity contribution in [2.75, 3.05) is 29.9 Å². The van der Waals surface area contributed by atoms with Crippen molar-refractivity contribution in [3.8, 4) is 0 Å². The molecule has 0 saturated carbocycles. The monoisotopic (exact) mass is 330 g/mol. The average molecular weight is 331 g/mol. The summed E-state index contributed by atoms with van der Waals surface area (Å²) in [6.45, 7) is 1.94. The predicted molar refractivity (Wildman–Crippen MR) is 100 cm³/mol. The third kappa shape index (κ3) is 3.48. The molecular formula is C17H20N3S2+. The number of hydrogen-bond donors (Lipinski definition) is 2. The summed E-state index contributed by atoms with van der Waals surface area (Å²) in [4.78, 5) is 4.75. The molecule has 0 aliphatic heterocycles. The van der Waals surface area contributed by atoms with Gasteiger partial charge in [-0.1, -0.05) is 58.0 Å². The number of benzene rings is 2. The quantitative estimate of drug-likeness (QED) is 0.396. The molecule has 4 N–H and O–H groups in total. The predicted octanol–water partition coefficient (Wildman–Crippen LogP) is 3.42. The number of quaternary nitrogens is 1. The van der Waals surface area contributed by atoms with E-state index in [1.165, 1.54) is 16.5 Å². The van der Waals surface area contributed by atoms with E-state index in [-0.39, 0.29) is 0 Å². The van der Waals surface area contributed by atoms with Gasteiger partial charge < -0.3 is 11.1 Å². The molecule has 1 aromatic heterocycles. The first-order valence-electron chi connectivity index (χ1n) is 7.45. The third-order valence-electron chi connectivity index (χ3n) is 3.39. The Bertz CT molecular complexity index is 707. The highest BCUT2D eigenvalue weighted by Crippen LogP contribution is 2.30. The first-order valence-corrected chi connectivity index (χ1v) is 9.94. The van der Waals surface area contributed by atoms with E-state index in [9.17, 15) is 0 Å². The summed E-state index contributed by atoms with van der Waals surface area (Å²) in [5, 5.41) is 6.00. The van der Waals surface area contributed by atoms with E-state index < -0.39 is 0 Å². The maximum atomic E-state index is 4.75. The van der Waals surface area contributed by atoms with Crippen molar-refractivity contribution in [1.29, 1.82) is 0 Å². The van der Waals surface area contributed by atoms with Gasteiger partial charge in [-0.25, -0.2) is 4.98 Å². The van der Waals surface area contributed by atoms with Crippen LogP contribution in [0.5, 0.6) is 0 Å². The highest BCUT2D eigenvalue weighted by Gasteiger charge is 2.07. The third-order valence-corrected chi connectivity index (χ3v) is 5.88. The Hall–Kier alpha value is -1.43. The minimum atomic E-state index is 0.951. The van der Waals surface area contributed by atoms with Crippen molar-refractivity contribution in [2.45, 2.75) is 0 Å². The summed E-state index contributed by atoms with van der Waals surface area (Å²) in [5.74, 6) is 2.20. The molecule has 0 bridgehead atoms. The number of nitrogens with zero attached hydrogens (tertiary/aromatic N) is 1. The van der Waals surface area contributed by atoms with Crippen LogP contribution in [0.1, 0.15) is 0 Å². The number of nitrogens with one attached hydrogen (secondary N) is 1. The van der Waals surface area contributed by atoms with Crippen LogP contribution in [-0.2, 0) is 0 Å². The zero-order valence-electron chi connectivity index (χ0n) is 12.4. The van der Waals surface area contributed by atoms with Gasteiger partial charge in [-0.05, 0) is 12.1 Å². The molecule has 22 heavy (non-hydrogen) atoms. The minimum Gasteiger partial charge on any atom is -0.383 e. The summed E-state index contributed by atoms with van der Waals surface area (Å²) in [6, 6.07) is 16.7. The van der Waals surface area contributed by atoms with E-state index in [1.54, 1.807) is 0 Å². The summed E-state index contributed by atoms with van der Waals surface area (Å²) in [5.41, 5.74) is 7.15. The maximum Gasteiger partial charge on any atom is 0.0840 e. The first kappa shape index (κ1) is 15.5. The molecule has 0 saturated heterocycles. The molecule has 0 unspecified atom stereocenters. The van der Waals surface area contributed by atoms with Gasteiger partial charge in [-0.15, -0.1) is 0 Å². The Balaban J connectivity index is 1.85. The lowest BCUT2D eigenvalue weighted by Gasteiger charge is -2.12. The topological polar surface area (TPSA) is 52.6 Å². The molecule has 114 valence electrons. The Morgan fingerprint density at radius 2 is 1.45 bits per heavy atom. The van der Waals surface area contributed by atoms with Gasteiger partial charge in [0.1, 0.15) is 0 Å². The summed E-state index contributed by atoms with van der Waals surface area (Å²) in [6.07, 6.45) is 0. The molecule has 0 atom stereocenters. The van der Waals surface area contributed by atoms with E-state index in [0.29, 0.717) is 0 Å². The standard InChI is InChI=1S/C17H19N3S2/c18-9-11-21-22-12-10-19-17-13-5-1-3-7-15(13)20-16-8-4-2-6-14(16)17/h1-8H,9-12,18H2,(H,19,20)/p+1. The molecule has 5 heteroatoms. The van der Waals surface area contributed by atoms with Crippen molar-refractivity contribution >= 4 is 49.1 Å². The molecule has 3 nitrogen and oxygen atoms in total. The van der Waals surface area contributed by atoms with E-state index >= 15 is 0 Å². The molecule has 3 rings (SSSR count). The SMILES string of the molecule is [NH3+]CCSSCCNc1c2ccccc2nc2ccccc12. The van der Waals surface area contributed by atoms with Gasteiger partial charge in [0, 0.05) is 23.1 Å². The van der Waals surface area contributed by atoms with Crippen molar-refractivity contribution in [2.24, 2.45) is 0 Å². The van der Waals surface area contributed by atoms with Crippen LogP contribution >= 0.6 is 21.6 Å². The molecule has 1 heterocycles. The fourth-order valence-electron chi connectivity index (χ4n) is 2.42. The minimum absolute atomic E-state index is 0.951. The van der Waals surface area contributed by atoms with Gasteiger partial charge >= 0.3 is 0 Å². The molecule has 0 fully saturated rings. The van der Waals surface area contributed by atoms with Gasteiger partial charge in [0.15, 0.2) is 0 Å². The number of anilines is 1. The normalized spacial score (nSPS) is 11.1. The van der Waals surface area contributed by atoms with Crippen molar-refractivity contribution in [3.05, 3.63) is 48.5 Å². The molecule has 0 amide bonds. The van der Waals surface area contributed by atoms with Crippen LogP contribution in [0.15, 0.2) is 48.5 Å². The highest BCUT2D eigenvalue weighted by atomic mass is 33.1. The van der Waals surface area contributed by atoms with Gasteiger partial charge in [0.05, 0.1) is 29.0 Å². The van der Waals surface area contributed by atoms with Gasteiger partial charge in [-0.3, -0.25) is 0 Å². The molecule has 0 spiro atoms. The fourth-order valence-corrected chi connectivity index (χ4v) is 4.27. The van der Waals surface area contributed by atoms with Gasteiger partial charge in [0.2, 0.25) is 0 Å². The molecule has 2 aromatic carbocycles. The van der Waals surface area contributed by atoms with Crippen LogP contribution in [0.4, 0.5) is 5.69 Å². The van der Waals surface area contributed by atoms with E-state index in [2.05, 4.69) is 47.4 Å². The van der Waals surface area contributed by atoms with Crippen molar-refractivity contribution < 1.29 is 5.73 Å². The second-order valence-corrected chi connectivity index (χ2v) is 7.65. The van der Waals surface area contributed by atoms with Crippen LogP contribution in [0.2, 0.25) is 0 Å². The first-order chi connectivity index (χ1) is 10.9. The molecular weight excluding hydrogens is 310 g/mol. The number of aromatic nitrogens is 1. The Morgan fingerprint density at radius 1 is 0.864 bits per heavy atom. The largest absolute Gasteiger partial charge is 0.383 e. The summed E-state index contributed by atoms with van der Waals surface area (Å²) in [7, 11) is 3.80. The smallest absolute Gasteiger partial charge is 0.0840 e. The summed E-state index contributed by atoms with van der Waals surface area (Å²) < 4.78 is 0. The van der Waals surface area contributed by atoms with E-state index in [1.807, 2.05) is 33.7 Å². The van der Waals surface area contributed by atoms with Crippen molar-refractivity contribution in [1.82, 2.24) is 4.98 Å². The highest BCUT2D eigenvalue weighted by molar-refractivity contribution is 8.76. The maximum absolute atomic E-state index is 4.75. The van der Waals surface area contributed by atoms with Gasteiger partial charge in [0.25, 0.3) is 0 Å². The number of hydrogen-bond acceptors (Lipinski definition) is 4. The zero-order valence-corrected chi connectivity index (χ0v) is 14.1. The van der Waals surface area contributed by atoms with E-state index in [4.69, 9.17) is 4.98 Å². The lowest BCUT2D eigenvalue weighted by molar-refractivity contribution is -0.360. The van der Waals surface area contributed by atoms with Crippen LogP contribution in [-0.4, -0.2) is 29.6 Å². The zero-order chi connectivity index (χ0) is 15.2. The second-order valence-electron chi connectivity index (χ2n) is 4.95. The average Bonchev–Trinajstić information content (AvgIpc) is 2.57. The Labute approximate surface area is 138 Å². The molecule has 3 aromatic rings. The van der Waals surface area contributed by atoms with Crippen LogP contribution in [0.25, 0.3) is 21.8 Å².